The van der Waals surface area contributed by atoms with Crippen molar-refractivity contribution in [3.8, 4) is 0 Å². The normalized spacial score (nSPS) is 14.1. The van der Waals surface area contributed by atoms with Crippen LogP contribution in [0.15, 0.2) is 23.9 Å². The smallest absolute Gasteiger partial charge is 0.693 e. The van der Waals surface area contributed by atoms with E-state index >= 15 is 0 Å². The first-order chi connectivity index (χ1) is 8.61. The molecular weight excluding hydrogens is 534 g/mol. The third-order valence-electron chi connectivity index (χ3n) is 2.79. The van der Waals surface area contributed by atoms with Crippen molar-refractivity contribution in [1.82, 2.24) is 5.32 Å². The molecule has 1 saturated heterocycles. The quantitative estimate of drug-likeness (QED) is 0.301. The van der Waals surface area contributed by atoms with Crippen molar-refractivity contribution in [2.24, 2.45) is 5.92 Å². The van der Waals surface area contributed by atoms with Crippen LogP contribution in [0.1, 0.15) is 12.8 Å². The van der Waals surface area contributed by atoms with Gasteiger partial charge in [0.1, 0.15) is 0 Å². The number of hydrogen-bond acceptors (Lipinski definition) is 5. The Morgan fingerprint density at radius 2 is 1.72 bits per heavy atom. The summed E-state index contributed by atoms with van der Waals surface area (Å²) >= 11 is 0. The number of nitrogens with two attached hydrogens (primary N) is 2. The van der Waals surface area contributed by atoms with Crippen LogP contribution in [0.2, 0.25) is 0 Å². The third-order valence-corrected chi connectivity index (χ3v) is 2.79. The van der Waals surface area contributed by atoms with E-state index in [0.29, 0.717) is 6.54 Å². The molecule has 25 heavy (non-hydrogen) atoms. The van der Waals surface area contributed by atoms with Gasteiger partial charge in [-0.3, -0.25) is 0 Å². The molecule has 2 radical (unpaired) electrons. The number of piperidine rings is 1. The average Bonchev–Trinajstić information content (AvgIpc) is 2.41. The number of aliphatic hydroxyl groups excluding tert-OH is 1. The summed E-state index contributed by atoms with van der Waals surface area (Å²) < 4.78 is 0. The van der Waals surface area contributed by atoms with Crippen LogP contribution in [0.25, 0.3) is 17.6 Å². The molecule has 0 aromatic carbocycles. The summed E-state index contributed by atoms with van der Waals surface area (Å²) in [6, 6.07) is 0. The molecule has 0 aromatic heterocycles. The van der Waals surface area contributed by atoms with E-state index in [1.165, 1.54) is 6.08 Å². The number of carboxylic acids is 1. The maximum atomic E-state index is 10.1. The molecule has 0 aromatic rings. The molecule has 0 unspecified atom stereocenters. The van der Waals surface area contributed by atoms with Gasteiger partial charge in [-0.05, 0) is 17.8 Å². The number of carboxylic acid groups (broad SMARTS) is 1. The van der Waals surface area contributed by atoms with E-state index < -0.39 is 12.3 Å². The van der Waals surface area contributed by atoms with Gasteiger partial charge in [0.05, 0.1) is 5.97 Å². The first-order valence-corrected chi connectivity index (χ1v) is 5.92. The number of aliphatic hydroxyl groups is 2. The maximum absolute atomic E-state index is 10.1. The minimum atomic E-state index is -1.12. The molecule has 0 saturated carbocycles. The molecule has 0 atom stereocenters. The zero-order valence-corrected chi connectivity index (χ0v) is 16.7. The average molecular weight is 559 g/mol. The van der Waals surface area contributed by atoms with Crippen LogP contribution in [0.3, 0.4) is 0 Å². The van der Waals surface area contributed by atoms with Crippen LogP contribution in [0, 0.1) is 5.92 Å². The second-order valence-electron chi connectivity index (χ2n) is 4.11. The molecule has 2 heterocycles. The Labute approximate surface area is 190 Å². The van der Waals surface area contributed by atoms with Crippen molar-refractivity contribution in [2.45, 2.75) is 19.1 Å². The largest absolute Gasteiger partial charge is 2.00 e. The molecule has 0 bridgehead atoms. The molecule has 2 aliphatic heterocycles. The molecule has 9 nitrogen and oxygen atoms in total. The third kappa shape index (κ3) is 20.8. The number of aliphatic carboxylic acids is 1. The molecule has 2 aliphatic rings. The summed E-state index contributed by atoms with van der Waals surface area (Å²) in [7, 11) is 0. The summed E-state index contributed by atoms with van der Waals surface area (Å²) in [5.74, 6) is -1.05. The van der Waals surface area contributed by atoms with Gasteiger partial charge in [0, 0.05) is 29.5 Å². The van der Waals surface area contributed by atoms with E-state index in [-0.39, 0.29) is 97.5 Å². The molecule has 13 heteroatoms. The van der Waals surface area contributed by atoms with Crippen molar-refractivity contribution >= 4 is 5.97 Å². The Morgan fingerprint density at radius 3 is 1.96 bits per heavy atom. The first-order valence-electron chi connectivity index (χ1n) is 5.92. The zero-order chi connectivity index (χ0) is 13.4. The molecule has 2 rings (SSSR count). The van der Waals surface area contributed by atoms with Crippen LogP contribution < -0.4 is 10.4 Å². The second kappa shape index (κ2) is 26.8. The fourth-order valence-corrected chi connectivity index (χ4v) is 1.67. The van der Waals surface area contributed by atoms with Gasteiger partial charge in [-0.15, -0.1) is 13.1 Å². The SMILES string of the molecule is O.O=C([O-])C1=CCNC=C1.OC(O)C1CC[N-]CC1.[Cu+2].[Cu+].[Cu+].[Cu].[NH2-].[NH2-]. The Hall–Kier alpha value is 0.588. The van der Waals surface area contributed by atoms with Crippen molar-refractivity contribution in [3.05, 3.63) is 41.5 Å². The summed E-state index contributed by atoms with van der Waals surface area (Å²) in [6.07, 6.45) is 5.16. The van der Waals surface area contributed by atoms with Crippen LogP contribution in [-0.2, 0) is 73.1 Å². The van der Waals surface area contributed by atoms with Crippen LogP contribution >= 0.6 is 0 Å². The predicted molar refractivity (Wildman–Crippen MR) is 78.5 cm³/mol. The van der Waals surface area contributed by atoms with E-state index in [2.05, 4.69) is 10.6 Å². The Balaban J connectivity index is -0.0000000405. The molecule has 0 amide bonds. The molecule has 166 valence electrons. The summed E-state index contributed by atoms with van der Waals surface area (Å²) in [4.78, 5) is 10.1. The van der Waals surface area contributed by atoms with Gasteiger partial charge in [0.15, 0.2) is 6.29 Å². The van der Waals surface area contributed by atoms with Gasteiger partial charge in [-0.25, -0.2) is 0 Å². The Morgan fingerprint density at radius 1 is 1.24 bits per heavy atom. The van der Waals surface area contributed by atoms with Crippen molar-refractivity contribution < 1.29 is 93.9 Å². The van der Waals surface area contributed by atoms with E-state index in [1.807, 2.05) is 0 Å². The number of nitrogens with zero attached hydrogens (tertiary/aromatic N) is 1. The second-order valence-corrected chi connectivity index (χ2v) is 4.11. The number of dihydropyridines is 1. The zero-order valence-electron chi connectivity index (χ0n) is 12.9. The number of rotatable bonds is 2. The van der Waals surface area contributed by atoms with Crippen LogP contribution in [0.5, 0.6) is 0 Å². The molecular formula is C12H24Cu4N4O5. The maximum Gasteiger partial charge on any atom is 2.00 e. The van der Waals surface area contributed by atoms with Gasteiger partial charge < -0.3 is 48.5 Å². The number of carbonyl (C=O) groups excluding carboxylic acids is 1. The minimum Gasteiger partial charge on any atom is -0.693 e. The van der Waals surface area contributed by atoms with Gasteiger partial charge in [-0.1, -0.05) is 18.9 Å². The molecule has 1 fully saturated rings. The standard InChI is InChI=1S/C6H12NO2.C6H7NO2.4Cu.2H2N.H2O/c2*8-6(9)5-1-3-7-4-2-5;;;;;;;/h5-6,8-9H,1-4H2;1-3,7H,4H2,(H,8,9);;;;;3*1H2/q-1;;;2*+1;+2;2*-1;/p-1. The molecule has 0 aliphatic carbocycles. The summed E-state index contributed by atoms with van der Waals surface area (Å²) in [5.41, 5.74) is 0.244. The Bertz CT molecular complexity index is 343. The van der Waals surface area contributed by atoms with E-state index in [1.54, 1.807) is 12.3 Å². The van der Waals surface area contributed by atoms with Crippen LogP contribution in [-0.4, -0.2) is 47.6 Å². The van der Waals surface area contributed by atoms with Gasteiger partial charge >= 0.3 is 51.2 Å². The van der Waals surface area contributed by atoms with E-state index in [0.717, 1.165) is 25.9 Å². The van der Waals surface area contributed by atoms with Crippen molar-refractivity contribution in [2.75, 3.05) is 19.6 Å². The number of nitrogens with one attached hydrogen (secondary N) is 1. The molecule has 9 N–H and O–H groups in total. The summed E-state index contributed by atoms with van der Waals surface area (Å²) in [6.45, 7) is 2.16. The van der Waals surface area contributed by atoms with Crippen molar-refractivity contribution in [3.63, 3.8) is 0 Å². The van der Waals surface area contributed by atoms with Gasteiger partial charge in [0.25, 0.3) is 0 Å². The van der Waals surface area contributed by atoms with Crippen LogP contribution in [0.4, 0.5) is 0 Å². The topological polar surface area (TPSA) is 205 Å². The Kier molecular flexibility index (Phi) is 48.0. The summed E-state index contributed by atoms with van der Waals surface area (Å²) in [5, 5.41) is 34.4. The van der Waals surface area contributed by atoms with Gasteiger partial charge in [0.2, 0.25) is 0 Å². The first kappa shape index (κ1) is 44.8. The monoisotopic (exact) mass is 556 g/mol. The number of carbonyl (C=O) groups is 1. The van der Waals surface area contributed by atoms with Gasteiger partial charge in [-0.2, -0.15) is 0 Å². The van der Waals surface area contributed by atoms with Crippen molar-refractivity contribution in [1.29, 1.82) is 0 Å². The fourth-order valence-electron chi connectivity index (χ4n) is 1.67. The minimum absolute atomic E-state index is 0. The predicted octanol–water partition coefficient (Wildman–Crippen LogP) is -0.540. The fraction of sp³-hybridized carbons (Fsp3) is 0.583. The van der Waals surface area contributed by atoms with E-state index in [9.17, 15) is 9.90 Å². The molecule has 0 spiro atoms. The number of hydrogen-bond donors (Lipinski definition) is 3. The van der Waals surface area contributed by atoms with E-state index in [4.69, 9.17) is 10.2 Å².